The Kier molecular flexibility index (Phi) is 4.60. The van der Waals surface area contributed by atoms with E-state index >= 15 is 0 Å². The summed E-state index contributed by atoms with van der Waals surface area (Å²) in [5.41, 5.74) is 0. The van der Waals surface area contributed by atoms with Crippen LogP contribution in [0.3, 0.4) is 0 Å². The first-order chi connectivity index (χ1) is 6.33. The van der Waals surface area contributed by atoms with E-state index in [1.165, 1.54) is 4.46 Å². The van der Waals surface area contributed by atoms with Crippen molar-refractivity contribution in [1.82, 2.24) is 0 Å². The number of hydrogen-bond donors (Lipinski definition) is 0. The number of rotatable bonds is 4. The zero-order valence-electron chi connectivity index (χ0n) is 7.73. The van der Waals surface area contributed by atoms with Crippen LogP contribution in [0.1, 0.15) is 19.8 Å². The summed E-state index contributed by atoms with van der Waals surface area (Å²) in [4.78, 5) is 0.676. The van der Waals surface area contributed by atoms with Gasteiger partial charge < -0.3 is 0 Å². The zero-order valence-corrected chi connectivity index (χ0v) is 9.45. The minimum absolute atomic E-state index is 0.526. The van der Waals surface area contributed by atoms with Gasteiger partial charge in [-0.1, -0.05) is 0 Å². The molecule has 0 aliphatic carbocycles. The van der Waals surface area contributed by atoms with E-state index in [9.17, 15) is 0 Å². The normalized spacial score (nSPS) is 12.0. The van der Waals surface area contributed by atoms with Crippen molar-refractivity contribution in [2.75, 3.05) is 0 Å². The number of nitrogens with zero attached hydrogens (tertiary/aromatic N) is 1. The van der Waals surface area contributed by atoms with Crippen LogP contribution in [-0.2, 0) is 0 Å². The minimum atomic E-state index is 0.526. The summed E-state index contributed by atoms with van der Waals surface area (Å²) in [6.45, 7) is 2.23. The van der Waals surface area contributed by atoms with E-state index in [0.717, 1.165) is 6.42 Å². The van der Waals surface area contributed by atoms with Gasteiger partial charge in [-0.2, -0.15) is 0 Å². The maximum atomic E-state index is 8.44. The standard InChI is InChI=1S/C11H13NSe/c1-10(6-5-9-12)13-11-7-3-2-4-8-11/h2-4,7-8,10H,5-6H2,1H3. The van der Waals surface area contributed by atoms with Gasteiger partial charge in [0.2, 0.25) is 0 Å². The van der Waals surface area contributed by atoms with E-state index in [4.69, 9.17) is 5.26 Å². The van der Waals surface area contributed by atoms with Gasteiger partial charge in [0, 0.05) is 0 Å². The molecular formula is C11H13NSe. The number of nitriles is 1. The van der Waals surface area contributed by atoms with Crippen LogP contribution in [0, 0.1) is 11.3 Å². The van der Waals surface area contributed by atoms with Crippen molar-refractivity contribution in [1.29, 1.82) is 5.26 Å². The van der Waals surface area contributed by atoms with Gasteiger partial charge in [0.15, 0.2) is 0 Å². The van der Waals surface area contributed by atoms with E-state index in [2.05, 4.69) is 37.3 Å². The van der Waals surface area contributed by atoms with Gasteiger partial charge in [-0.3, -0.25) is 0 Å². The molecule has 2 heteroatoms. The van der Waals surface area contributed by atoms with Crippen molar-refractivity contribution < 1.29 is 0 Å². The topological polar surface area (TPSA) is 23.8 Å². The zero-order chi connectivity index (χ0) is 9.52. The van der Waals surface area contributed by atoms with Crippen molar-refractivity contribution >= 4 is 19.4 Å². The fourth-order valence-electron chi connectivity index (χ4n) is 1.06. The first-order valence-electron chi connectivity index (χ1n) is 4.41. The molecule has 1 nitrogen and oxygen atoms in total. The van der Waals surface area contributed by atoms with Crippen LogP contribution in [0.5, 0.6) is 0 Å². The van der Waals surface area contributed by atoms with Gasteiger partial charge in [-0.25, -0.2) is 0 Å². The molecule has 1 unspecified atom stereocenters. The third-order valence-corrected chi connectivity index (χ3v) is 4.22. The molecule has 0 saturated heterocycles. The summed E-state index contributed by atoms with van der Waals surface area (Å²) in [6.07, 6.45) is 1.72. The van der Waals surface area contributed by atoms with Crippen LogP contribution in [0.25, 0.3) is 0 Å². The van der Waals surface area contributed by atoms with E-state index in [1.807, 2.05) is 6.07 Å². The van der Waals surface area contributed by atoms with Gasteiger partial charge in [-0.05, 0) is 0 Å². The Bertz CT molecular complexity index is 276. The Labute approximate surface area is 85.9 Å². The summed E-state index contributed by atoms with van der Waals surface area (Å²) in [5.74, 6) is 0. The van der Waals surface area contributed by atoms with Crippen molar-refractivity contribution in [3.63, 3.8) is 0 Å². The molecule has 0 bridgehead atoms. The molecule has 0 aliphatic rings. The van der Waals surface area contributed by atoms with Crippen LogP contribution >= 0.6 is 0 Å². The second-order valence-corrected chi connectivity index (χ2v) is 6.11. The molecule has 0 spiro atoms. The number of benzene rings is 1. The average Bonchev–Trinajstić information content (AvgIpc) is 2.16. The van der Waals surface area contributed by atoms with Crippen molar-refractivity contribution in [2.24, 2.45) is 0 Å². The summed E-state index contributed by atoms with van der Waals surface area (Å²) in [5, 5.41) is 8.44. The van der Waals surface area contributed by atoms with Crippen molar-refractivity contribution in [3.8, 4) is 6.07 Å². The monoisotopic (exact) mass is 239 g/mol. The van der Waals surface area contributed by atoms with E-state index in [0.29, 0.717) is 26.2 Å². The Morgan fingerprint density at radius 1 is 1.38 bits per heavy atom. The molecule has 13 heavy (non-hydrogen) atoms. The van der Waals surface area contributed by atoms with E-state index < -0.39 is 0 Å². The molecule has 0 amide bonds. The molecule has 0 N–H and O–H groups in total. The first kappa shape index (κ1) is 10.3. The fraction of sp³-hybridized carbons (Fsp3) is 0.364. The summed E-state index contributed by atoms with van der Waals surface area (Å²) < 4.78 is 1.43. The quantitative estimate of drug-likeness (QED) is 0.737. The SMILES string of the molecule is CC(CCC#N)[Se]c1ccccc1. The van der Waals surface area contributed by atoms with Gasteiger partial charge in [0.1, 0.15) is 0 Å². The molecule has 0 aromatic heterocycles. The second kappa shape index (κ2) is 5.80. The predicted octanol–water partition coefficient (Wildman–Crippen LogP) is 2.13. The van der Waals surface area contributed by atoms with Gasteiger partial charge in [-0.15, -0.1) is 0 Å². The average molecular weight is 238 g/mol. The van der Waals surface area contributed by atoms with E-state index in [-0.39, 0.29) is 0 Å². The predicted molar refractivity (Wildman–Crippen MR) is 56.1 cm³/mol. The Morgan fingerprint density at radius 2 is 2.08 bits per heavy atom. The molecule has 1 atom stereocenters. The Morgan fingerprint density at radius 3 is 2.69 bits per heavy atom. The van der Waals surface area contributed by atoms with Gasteiger partial charge >= 0.3 is 85.7 Å². The number of hydrogen-bond acceptors (Lipinski definition) is 1. The first-order valence-corrected chi connectivity index (χ1v) is 6.26. The molecule has 0 aliphatic heterocycles. The molecule has 0 saturated carbocycles. The van der Waals surface area contributed by atoms with Crippen molar-refractivity contribution in [3.05, 3.63) is 30.3 Å². The Balaban J connectivity index is 2.37. The molecule has 0 radical (unpaired) electrons. The van der Waals surface area contributed by atoms with Crippen LogP contribution in [0.15, 0.2) is 30.3 Å². The molecular weight excluding hydrogens is 225 g/mol. The third-order valence-electron chi connectivity index (χ3n) is 1.74. The fourth-order valence-corrected chi connectivity index (χ4v) is 3.19. The van der Waals surface area contributed by atoms with E-state index in [1.54, 1.807) is 0 Å². The van der Waals surface area contributed by atoms with Crippen LogP contribution < -0.4 is 4.46 Å². The molecule has 68 valence electrons. The third kappa shape index (κ3) is 4.12. The molecule has 0 heterocycles. The van der Waals surface area contributed by atoms with Gasteiger partial charge in [0.05, 0.1) is 0 Å². The molecule has 1 aromatic carbocycles. The molecule has 0 fully saturated rings. The summed E-state index contributed by atoms with van der Waals surface area (Å²) in [6, 6.07) is 12.7. The second-order valence-electron chi connectivity index (χ2n) is 2.94. The van der Waals surface area contributed by atoms with Crippen molar-refractivity contribution in [2.45, 2.75) is 24.6 Å². The van der Waals surface area contributed by atoms with Crippen LogP contribution in [-0.4, -0.2) is 15.0 Å². The molecule has 1 rings (SSSR count). The summed E-state index contributed by atoms with van der Waals surface area (Å²) >= 11 is 0.526. The Hall–Kier alpha value is -0.771. The van der Waals surface area contributed by atoms with Crippen LogP contribution in [0.4, 0.5) is 0 Å². The molecule has 1 aromatic rings. The van der Waals surface area contributed by atoms with Gasteiger partial charge in [0.25, 0.3) is 0 Å². The summed E-state index contributed by atoms with van der Waals surface area (Å²) in [7, 11) is 0. The van der Waals surface area contributed by atoms with Crippen LogP contribution in [0.2, 0.25) is 4.82 Å². The maximum absolute atomic E-state index is 8.44.